The SMILES string of the molecule is O=C1C2C3C=CC(C3)C2C(=O)N1c1ccc2c(c1)Cc1ccccc1-2. The van der Waals surface area contributed by atoms with Gasteiger partial charge in [0, 0.05) is 0 Å². The summed E-state index contributed by atoms with van der Waals surface area (Å²) in [5.74, 6) is 0.260. The summed E-state index contributed by atoms with van der Waals surface area (Å²) in [5.41, 5.74) is 5.75. The molecular formula is C22H17NO2. The van der Waals surface area contributed by atoms with E-state index in [4.69, 9.17) is 0 Å². The lowest BCUT2D eigenvalue weighted by molar-refractivity contribution is -0.123. The normalized spacial score (nSPS) is 30.8. The molecule has 25 heavy (non-hydrogen) atoms. The zero-order valence-electron chi connectivity index (χ0n) is 13.7. The Bertz CT molecular complexity index is 959. The van der Waals surface area contributed by atoms with Crippen LogP contribution in [0.15, 0.2) is 54.6 Å². The van der Waals surface area contributed by atoms with E-state index in [-0.39, 0.29) is 35.5 Å². The number of fused-ring (bicyclic) bond motifs is 8. The van der Waals surface area contributed by atoms with Crippen molar-refractivity contribution < 1.29 is 9.59 Å². The maximum absolute atomic E-state index is 13.0. The minimum Gasteiger partial charge on any atom is -0.274 e. The van der Waals surface area contributed by atoms with Crippen LogP contribution in [0.1, 0.15) is 17.5 Å². The number of imide groups is 1. The number of anilines is 1. The molecule has 3 aliphatic carbocycles. The molecule has 4 aliphatic rings. The molecule has 0 spiro atoms. The van der Waals surface area contributed by atoms with Crippen molar-refractivity contribution in [3.8, 4) is 11.1 Å². The van der Waals surface area contributed by atoms with Gasteiger partial charge in [-0.3, -0.25) is 14.5 Å². The molecule has 6 rings (SSSR count). The summed E-state index contributed by atoms with van der Waals surface area (Å²) in [5, 5.41) is 0. The van der Waals surface area contributed by atoms with Crippen molar-refractivity contribution in [2.45, 2.75) is 12.8 Å². The molecule has 2 aromatic rings. The second kappa shape index (κ2) is 4.48. The Morgan fingerprint density at radius 1 is 0.800 bits per heavy atom. The first-order chi connectivity index (χ1) is 12.2. The van der Waals surface area contributed by atoms with Gasteiger partial charge in [-0.15, -0.1) is 0 Å². The summed E-state index contributed by atoms with van der Waals surface area (Å²) < 4.78 is 0. The second-order valence-electron chi connectivity index (χ2n) is 7.69. The number of carbonyl (C=O) groups excluding carboxylic acids is 2. The van der Waals surface area contributed by atoms with Gasteiger partial charge in [0.15, 0.2) is 0 Å². The Balaban J connectivity index is 1.41. The van der Waals surface area contributed by atoms with Crippen LogP contribution in [0.4, 0.5) is 5.69 Å². The van der Waals surface area contributed by atoms with Crippen LogP contribution in [0.3, 0.4) is 0 Å². The van der Waals surface area contributed by atoms with Crippen LogP contribution in [0.25, 0.3) is 11.1 Å². The Morgan fingerprint density at radius 3 is 2.24 bits per heavy atom. The zero-order chi connectivity index (χ0) is 16.7. The number of hydrogen-bond acceptors (Lipinski definition) is 2. The van der Waals surface area contributed by atoms with E-state index in [1.807, 2.05) is 12.1 Å². The van der Waals surface area contributed by atoms with Crippen LogP contribution in [0.5, 0.6) is 0 Å². The average molecular weight is 327 g/mol. The first-order valence-electron chi connectivity index (χ1n) is 9.00. The average Bonchev–Trinajstić information content (AvgIpc) is 3.36. The van der Waals surface area contributed by atoms with Crippen LogP contribution >= 0.6 is 0 Å². The fourth-order valence-corrected chi connectivity index (χ4v) is 5.43. The lowest BCUT2D eigenvalue weighted by Gasteiger charge is -2.18. The first-order valence-corrected chi connectivity index (χ1v) is 9.00. The number of hydrogen-bond donors (Lipinski definition) is 0. The Hall–Kier alpha value is -2.68. The van der Waals surface area contributed by atoms with Crippen LogP contribution in [0, 0.1) is 23.7 Å². The number of carbonyl (C=O) groups is 2. The third kappa shape index (κ3) is 1.61. The van der Waals surface area contributed by atoms with E-state index in [0.29, 0.717) is 0 Å². The van der Waals surface area contributed by atoms with Gasteiger partial charge >= 0.3 is 0 Å². The molecule has 3 nitrogen and oxygen atoms in total. The number of benzene rings is 2. The van der Waals surface area contributed by atoms with Gasteiger partial charge in [0.1, 0.15) is 0 Å². The highest BCUT2D eigenvalue weighted by Crippen LogP contribution is 2.53. The van der Waals surface area contributed by atoms with Gasteiger partial charge in [0.05, 0.1) is 17.5 Å². The minimum absolute atomic E-state index is 0.00214. The summed E-state index contributed by atoms with van der Waals surface area (Å²) >= 11 is 0. The molecule has 1 saturated heterocycles. The molecule has 2 aromatic carbocycles. The fraction of sp³-hybridized carbons (Fsp3) is 0.273. The number of amides is 2. The molecule has 2 fully saturated rings. The summed E-state index contributed by atoms with van der Waals surface area (Å²) in [6, 6.07) is 14.4. The first kappa shape index (κ1) is 13.6. The van der Waals surface area contributed by atoms with Gasteiger partial charge < -0.3 is 0 Å². The van der Waals surface area contributed by atoms with Gasteiger partial charge in [-0.05, 0) is 59.1 Å². The monoisotopic (exact) mass is 327 g/mol. The summed E-state index contributed by atoms with van der Waals surface area (Å²) in [7, 11) is 0. The Kier molecular flexibility index (Phi) is 2.44. The molecule has 0 aromatic heterocycles. The predicted molar refractivity (Wildman–Crippen MR) is 94.9 cm³/mol. The van der Waals surface area contributed by atoms with Crippen molar-refractivity contribution >= 4 is 17.5 Å². The Morgan fingerprint density at radius 2 is 1.48 bits per heavy atom. The highest BCUT2D eigenvalue weighted by atomic mass is 16.2. The van der Waals surface area contributed by atoms with Crippen molar-refractivity contribution in [1.29, 1.82) is 0 Å². The van der Waals surface area contributed by atoms with Crippen LogP contribution in [-0.4, -0.2) is 11.8 Å². The topological polar surface area (TPSA) is 37.4 Å². The van der Waals surface area contributed by atoms with Crippen molar-refractivity contribution in [3.05, 3.63) is 65.7 Å². The van der Waals surface area contributed by atoms with Crippen molar-refractivity contribution in [1.82, 2.24) is 0 Å². The molecule has 1 heterocycles. The maximum Gasteiger partial charge on any atom is 0.238 e. The van der Waals surface area contributed by atoms with Crippen LogP contribution < -0.4 is 4.90 Å². The number of allylic oxidation sites excluding steroid dienone is 2. The second-order valence-corrected chi connectivity index (χ2v) is 7.69. The standard InChI is InChI=1S/C22H17NO2/c24-21-19-13-5-6-14(10-13)20(19)22(25)23(21)16-7-8-18-15(11-16)9-12-3-1-2-4-17(12)18/h1-8,11,13-14,19-20H,9-10H2. The third-order valence-corrected chi connectivity index (χ3v) is 6.51. The largest absolute Gasteiger partial charge is 0.274 e. The summed E-state index contributed by atoms with van der Waals surface area (Å²) in [6.07, 6.45) is 6.12. The van der Waals surface area contributed by atoms with Gasteiger partial charge in [-0.1, -0.05) is 42.5 Å². The Labute approximate surface area is 146 Å². The minimum atomic E-state index is -0.132. The van der Waals surface area contributed by atoms with E-state index in [0.717, 1.165) is 18.5 Å². The molecule has 0 N–H and O–H groups in total. The van der Waals surface area contributed by atoms with E-state index < -0.39 is 0 Å². The van der Waals surface area contributed by atoms with Crippen LogP contribution in [0.2, 0.25) is 0 Å². The van der Waals surface area contributed by atoms with Gasteiger partial charge in [0.2, 0.25) is 11.8 Å². The van der Waals surface area contributed by atoms with E-state index in [1.165, 1.54) is 27.2 Å². The number of rotatable bonds is 1. The molecular weight excluding hydrogens is 310 g/mol. The van der Waals surface area contributed by atoms with E-state index in [9.17, 15) is 9.59 Å². The summed E-state index contributed by atoms with van der Waals surface area (Å²) in [4.78, 5) is 27.4. The van der Waals surface area contributed by atoms with Crippen molar-refractivity contribution in [2.24, 2.45) is 23.7 Å². The summed E-state index contributed by atoms with van der Waals surface area (Å²) in [6.45, 7) is 0. The fourth-order valence-electron chi connectivity index (χ4n) is 5.43. The molecule has 122 valence electrons. The molecule has 4 unspecified atom stereocenters. The van der Waals surface area contributed by atoms with E-state index >= 15 is 0 Å². The third-order valence-electron chi connectivity index (χ3n) is 6.51. The predicted octanol–water partition coefficient (Wildman–Crippen LogP) is 3.57. The highest BCUT2D eigenvalue weighted by molar-refractivity contribution is 6.23. The van der Waals surface area contributed by atoms with Gasteiger partial charge in [0.25, 0.3) is 0 Å². The number of nitrogens with zero attached hydrogens (tertiary/aromatic N) is 1. The smallest absolute Gasteiger partial charge is 0.238 e. The molecule has 1 aliphatic heterocycles. The van der Waals surface area contributed by atoms with E-state index in [2.05, 4.69) is 42.5 Å². The lowest BCUT2D eigenvalue weighted by Crippen LogP contribution is -2.32. The van der Waals surface area contributed by atoms with Gasteiger partial charge in [-0.2, -0.15) is 0 Å². The molecule has 3 heteroatoms. The molecule has 1 saturated carbocycles. The molecule has 2 bridgehead atoms. The van der Waals surface area contributed by atoms with Gasteiger partial charge in [-0.25, -0.2) is 0 Å². The molecule has 2 amide bonds. The van der Waals surface area contributed by atoms with Crippen molar-refractivity contribution in [3.63, 3.8) is 0 Å². The zero-order valence-corrected chi connectivity index (χ0v) is 13.7. The van der Waals surface area contributed by atoms with Crippen molar-refractivity contribution in [2.75, 3.05) is 4.90 Å². The quantitative estimate of drug-likeness (QED) is 0.506. The highest BCUT2D eigenvalue weighted by Gasteiger charge is 2.59. The van der Waals surface area contributed by atoms with Crippen LogP contribution in [-0.2, 0) is 16.0 Å². The maximum atomic E-state index is 13.0. The molecule has 0 radical (unpaired) electrons. The van der Waals surface area contributed by atoms with E-state index in [1.54, 1.807) is 0 Å². The molecule has 4 atom stereocenters. The lowest BCUT2D eigenvalue weighted by atomic mass is 9.85.